The Morgan fingerprint density at radius 3 is 3.23 bits per heavy atom. The van der Waals surface area contributed by atoms with Gasteiger partial charge in [-0.2, -0.15) is 0 Å². The van der Waals surface area contributed by atoms with Gasteiger partial charge in [-0.15, -0.1) is 11.3 Å². The second-order valence-corrected chi connectivity index (χ2v) is 7.33. The van der Waals surface area contributed by atoms with Gasteiger partial charge in [0.1, 0.15) is 5.75 Å². The van der Waals surface area contributed by atoms with Crippen LogP contribution in [0.2, 0.25) is 0 Å². The van der Waals surface area contributed by atoms with E-state index >= 15 is 0 Å². The number of thiophene rings is 1. The summed E-state index contributed by atoms with van der Waals surface area (Å²) in [5, 5.41) is 2.15. The average molecular weight is 316 g/mol. The van der Waals surface area contributed by atoms with Crippen LogP contribution in [0.1, 0.15) is 4.88 Å². The standard InChI is InChI=1S/C17H20N2O2S/c1-3-15(7-18-5-1)21-13-17-11-19(8-14(17)10-20-12-17)9-16-4-2-6-22-16/h1-7,14H,8-13H2/t14-,17+/m1/s1. The van der Waals surface area contributed by atoms with Gasteiger partial charge in [-0.25, -0.2) is 0 Å². The minimum atomic E-state index is 0.132. The molecule has 0 spiro atoms. The minimum Gasteiger partial charge on any atom is -0.491 e. The number of rotatable bonds is 5. The molecule has 2 saturated heterocycles. The van der Waals surface area contributed by atoms with Gasteiger partial charge in [0.15, 0.2) is 0 Å². The number of likely N-dealkylation sites (tertiary alicyclic amines) is 1. The molecule has 0 bridgehead atoms. The number of aromatic nitrogens is 1. The first kappa shape index (κ1) is 14.2. The van der Waals surface area contributed by atoms with Crippen LogP contribution in [-0.4, -0.2) is 42.8 Å². The summed E-state index contributed by atoms with van der Waals surface area (Å²) in [6.45, 7) is 5.58. The molecule has 2 aromatic rings. The van der Waals surface area contributed by atoms with Gasteiger partial charge in [-0.05, 0) is 23.6 Å². The van der Waals surface area contributed by atoms with Crippen molar-refractivity contribution in [2.75, 3.05) is 32.9 Å². The van der Waals surface area contributed by atoms with Gasteiger partial charge in [0.25, 0.3) is 0 Å². The zero-order chi connectivity index (χ0) is 14.8. The SMILES string of the molecule is c1cncc(OC[C@]23COC[C@H]2CN(Cc2cccs2)C3)c1. The molecule has 2 atom stereocenters. The fraction of sp³-hybridized carbons (Fsp3) is 0.471. The first-order valence-corrected chi connectivity index (χ1v) is 8.57. The first-order chi connectivity index (χ1) is 10.8. The van der Waals surface area contributed by atoms with Crippen molar-refractivity contribution >= 4 is 11.3 Å². The summed E-state index contributed by atoms with van der Waals surface area (Å²) in [6, 6.07) is 8.22. The Morgan fingerprint density at radius 1 is 1.41 bits per heavy atom. The zero-order valence-electron chi connectivity index (χ0n) is 12.5. The maximum atomic E-state index is 6.01. The Kier molecular flexibility index (Phi) is 3.86. The molecule has 0 amide bonds. The lowest BCUT2D eigenvalue weighted by atomic mass is 9.82. The van der Waals surface area contributed by atoms with Crippen molar-refractivity contribution in [2.24, 2.45) is 11.3 Å². The molecule has 2 aliphatic heterocycles. The fourth-order valence-corrected chi connectivity index (χ4v) is 4.30. The van der Waals surface area contributed by atoms with E-state index in [1.165, 1.54) is 4.88 Å². The number of pyridine rings is 1. The highest BCUT2D eigenvalue weighted by Crippen LogP contribution is 2.42. The Hall–Kier alpha value is -1.43. The Bertz CT molecular complexity index is 604. The number of hydrogen-bond donors (Lipinski definition) is 0. The van der Waals surface area contributed by atoms with E-state index in [4.69, 9.17) is 9.47 Å². The van der Waals surface area contributed by atoms with E-state index in [0.717, 1.165) is 38.6 Å². The van der Waals surface area contributed by atoms with Crippen molar-refractivity contribution < 1.29 is 9.47 Å². The lowest BCUT2D eigenvalue weighted by Gasteiger charge is -2.27. The second kappa shape index (κ2) is 5.99. The molecular weight excluding hydrogens is 296 g/mol. The van der Waals surface area contributed by atoms with Crippen molar-refractivity contribution in [1.82, 2.24) is 9.88 Å². The summed E-state index contributed by atoms with van der Waals surface area (Å²) < 4.78 is 11.8. The third-order valence-electron chi connectivity index (χ3n) is 4.71. The third kappa shape index (κ3) is 2.76. The van der Waals surface area contributed by atoms with Gasteiger partial charge in [0, 0.05) is 42.0 Å². The van der Waals surface area contributed by atoms with Crippen LogP contribution in [0.25, 0.3) is 0 Å². The van der Waals surface area contributed by atoms with Crippen LogP contribution >= 0.6 is 11.3 Å². The van der Waals surface area contributed by atoms with Crippen LogP contribution in [-0.2, 0) is 11.3 Å². The molecule has 0 aromatic carbocycles. The van der Waals surface area contributed by atoms with Gasteiger partial charge in [-0.1, -0.05) is 6.07 Å². The molecule has 4 rings (SSSR count). The summed E-state index contributed by atoms with van der Waals surface area (Å²) >= 11 is 1.83. The van der Waals surface area contributed by atoms with E-state index in [2.05, 4.69) is 27.4 Å². The molecule has 2 aliphatic rings. The second-order valence-electron chi connectivity index (χ2n) is 6.30. The van der Waals surface area contributed by atoms with Crippen molar-refractivity contribution in [2.45, 2.75) is 6.54 Å². The van der Waals surface area contributed by atoms with Crippen LogP contribution in [0, 0.1) is 11.3 Å². The first-order valence-electron chi connectivity index (χ1n) is 7.69. The highest BCUT2D eigenvalue weighted by Gasteiger charge is 2.51. The largest absolute Gasteiger partial charge is 0.491 e. The molecule has 2 aromatic heterocycles. The summed E-state index contributed by atoms with van der Waals surface area (Å²) in [4.78, 5) is 8.09. The summed E-state index contributed by atoms with van der Waals surface area (Å²) in [5.41, 5.74) is 0.132. The molecule has 4 heterocycles. The molecule has 22 heavy (non-hydrogen) atoms. The molecule has 0 N–H and O–H groups in total. The molecule has 0 saturated carbocycles. The quantitative estimate of drug-likeness (QED) is 0.849. The number of ether oxygens (including phenoxy) is 2. The highest BCUT2D eigenvalue weighted by atomic mass is 32.1. The zero-order valence-corrected chi connectivity index (χ0v) is 13.3. The van der Waals surface area contributed by atoms with Gasteiger partial charge < -0.3 is 9.47 Å². The van der Waals surface area contributed by atoms with Gasteiger partial charge in [0.2, 0.25) is 0 Å². The van der Waals surface area contributed by atoms with Crippen molar-refractivity contribution in [3.05, 3.63) is 46.9 Å². The fourth-order valence-electron chi connectivity index (χ4n) is 3.55. The average Bonchev–Trinajstić information content (AvgIpc) is 3.23. The molecule has 0 radical (unpaired) electrons. The predicted molar refractivity (Wildman–Crippen MR) is 86.1 cm³/mol. The number of hydrogen-bond acceptors (Lipinski definition) is 5. The van der Waals surface area contributed by atoms with E-state index in [0.29, 0.717) is 12.5 Å². The van der Waals surface area contributed by atoms with Gasteiger partial charge in [-0.3, -0.25) is 9.88 Å². The summed E-state index contributed by atoms with van der Waals surface area (Å²) in [6.07, 6.45) is 3.55. The third-order valence-corrected chi connectivity index (χ3v) is 5.57. The maximum Gasteiger partial charge on any atom is 0.137 e. The number of fused-ring (bicyclic) bond motifs is 1. The Balaban J connectivity index is 1.42. The maximum absolute atomic E-state index is 6.01. The van der Waals surface area contributed by atoms with Crippen LogP contribution in [0.15, 0.2) is 42.0 Å². The van der Waals surface area contributed by atoms with E-state index in [9.17, 15) is 0 Å². The smallest absolute Gasteiger partial charge is 0.137 e. The summed E-state index contributed by atoms with van der Waals surface area (Å²) in [7, 11) is 0. The van der Waals surface area contributed by atoms with Crippen LogP contribution in [0.3, 0.4) is 0 Å². The van der Waals surface area contributed by atoms with Gasteiger partial charge in [0.05, 0.1) is 26.0 Å². The molecular formula is C17H20N2O2S. The van der Waals surface area contributed by atoms with E-state index in [1.54, 1.807) is 12.4 Å². The van der Waals surface area contributed by atoms with Crippen molar-refractivity contribution in [1.29, 1.82) is 0 Å². The Morgan fingerprint density at radius 2 is 2.41 bits per heavy atom. The molecule has 4 nitrogen and oxygen atoms in total. The van der Waals surface area contributed by atoms with E-state index < -0.39 is 0 Å². The lowest BCUT2D eigenvalue weighted by molar-refractivity contribution is 0.0901. The van der Waals surface area contributed by atoms with Crippen LogP contribution < -0.4 is 4.74 Å². The highest BCUT2D eigenvalue weighted by molar-refractivity contribution is 7.09. The van der Waals surface area contributed by atoms with Crippen LogP contribution in [0.5, 0.6) is 5.75 Å². The van der Waals surface area contributed by atoms with E-state index in [1.807, 2.05) is 23.5 Å². The molecule has 5 heteroatoms. The van der Waals surface area contributed by atoms with Crippen molar-refractivity contribution in [3.8, 4) is 5.75 Å². The Labute approximate surface area is 134 Å². The normalized spacial score (nSPS) is 27.9. The number of nitrogens with zero attached hydrogens (tertiary/aromatic N) is 2. The monoisotopic (exact) mass is 316 g/mol. The van der Waals surface area contributed by atoms with Gasteiger partial charge >= 0.3 is 0 Å². The minimum absolute atomic E-state index is 0.132. The van der Waals surface area contributed by atoms with Crippen LogP contribution in [0.4, 0.5) is 0 Å². The topological polar surface area (TPSA) is 34.6 Å². The van der Waals surface area contributed by atoms with E-state index in [-0.39, 0.29) is 5.41 Å². The molecule has 0 unspecified atom stereocenters. The lowest BCUT2D eigenvalue weighted by Crippen LogP contribution is -2.36. The molecule has 116 valence electrons. The predicted octanol–water partition coefficient (Wildman–Crippen LogP) is 2.67. The molecule has 0 aliphatic carbocycles. The molecule has 2 fully saturated rings. The van der Waals surface area contributed by atoms with Crippen molar-refractivity contribution in [3.63, 3.8) is 0 Å². The summed E-state index contributed by atoms with van der Waals surface area (Å²) in [5.74, 6) is 1.42.